The predicted octanol–water partition coefficient (Wildman–Crippen LogP) is 5.36. The number of aliphatic hydroxyl groups is 1. The Kier molecular flexibility index (Phi) is 3.77. The van der Waals surface area contributed by atoms with Gasteiger partial charge in [-0.2, -0.15) is 0 Å². The van der Waals surface area contributed by atoms with Crippen LogP contribution in [0.3, 0.4) is 0 Å². The third-order valence-electron chi connectivity index (χ3n) is 5.92. The second kappa shape index (κ2) is 5.79. The zero-order valence-electron chi connectivity index (χ0n) is 14.1. The molecular formula is C22H26O. The average Bonchev–Trinajstić information content (AvgIpc) is 2.55. The van der Waals surface area contributed by atoms with Crippen molar-refractivity contribution >= 4 is 10.8 Å². The van der Waals surface area contributed by atoms with Crippen LogP contribution in [0, 0.1) is 18.8 Å². The molecule has 23 heavy (non-hydrogen) atoms. The summed E-state index contributed by atoms with van der Waals surface area (Å²) in [4.78, 5) is 0. The van der Waals surface area contributed by atoms with E-state index in [0.29, 0.717) is 11.8 Å². The molecule has 0 heterocycles. The Morgan fingerprint density at radius 2 is 1.96 bits per heavy atom. The molecule has 1 heteroatoms. The van der Waals surface area contributed by atoms with Gasteiger partial charge in [-0.25, -0.2) is 0 Å². The van der Waals surface area contributed by atoms with Gasteiger partial charge < -0.3 is 5.11 Å². The molecule has 2 aromatic carbocycles. The minimum atomic E-state index is -0.263. The molecule has 2 aliphatic carbocycles. The van der Waals surface area contributed by atoms with Crippen LogP contribution in [0.5, 0.6) is 0 Å². The molecule has 4 unspecified atom stereocenters. The molecule has 1 fully saturated rings. The summed E-state index contributed by atoms with van der Waals surface area (Å²) in [6.45, 7) is 4.39. The summed E-state index contributed by atoms with van der Waals surface area (Å²) in [5.41, 5.74) is 4.13. The average molecular weight is 306 g/mol. The minimum Gasteiger partial charge on any atom is -0.392 e. The van der Waals surface area contributed by atoms with Crippen molar-refractivity contribution in [2.75, 3.05) is 0 Å². The Hall–Kier alpha value is -1.60. The molecule has 4 rings (SSSR count). The second-order valence-corrected chi connectivity index (χ2v) is 7.59. The maximum absolute atomic E-state index is 11.0. The highest BCUT2D eigenvalue weighted by atomic mass is 16.3. The van der Waals surface area contributed by atoms with Gasteiger partial charge in [0.15, 0.2) is 0 Å². The summed E-state index contributed by atoms with van der Waals surface area (Å²) < 4.78 is 0. The van der Waals surface area contributed by atoms with Crippen molar-refractivity contribution in [3.05, 3.63) is 59.2 Å². The van der Waals surface area contributed by atoms with E-state index in [1.54, 1.807) is 0 Å². The molecule has 1 saturated carbocycles. The summed E-state index contributed by atoms with van der Waals surface area (Å²) >= 11 is 0. The Bertz CT molecular complexity index is 758. The van der Waals surface area contributed by atoms with Gasteiger partial charge in [0.05, 0.1) is 6.10 Å². The van der Waals surface area contributed by atoms with Gasteiger partial charge in [-0.1, -0.05) is 60.5 Å². The van der Waals surface area contributed by atoms with Gasteiger partial charge >= 0.3 is 0 Å². The number of aryl methyl sites for hydroxylation is 1. The van der Waals surface area contributed by atoms with E-state index in [2.05, 4.69) is 56.3 Å². The van der Waals surface area contributed by atoms with Gasteiger partial charge in [-0.3, -0.25) is 0 Å². The van der Waals surface area contributed by atoms with Crippen LogP contribution < -0.4 is 0 Å². The number of hydrogen-bond donors (Lipinski definition) is 1. The SMILES string of the molecule is Cc1cc(C2C3=CCCCC3CC(C)C2O)c2ccccc2c1. The van der Waals surface area contributed by atoms with Crippen LogP contribution in [0.2, 0.25) is 0 Å². The van der Waals surface area contributed by atoms with Crippen LogP contribution in [-0.4, -0.2) is 11.2 Å². The van der Waals surface area contributed by atoms with Crippen molar-refractivity contribution in [2.45, 2.75) is 51.6 Å². The van der Waals surface area contributed by atoms with Crippen LogP contribution >= 0.6 is 0 Å². The van der Waals surface area contributed by atoms with Crippen molar-refractivity contribution in [1.29, 1.82) is 0 Å². The third kappa shape index (κ3) is 2.52. The highest BCUT2D eigenvalue weighted by molar-refractivity contribution is 5.87. The molecule has 0 aliphatic heterocycles. The maximum Gasteiger partial charge on any atom is 0.0672 e. The van der Waals surface area contributed by atoms with Crippen LogP contribution in [0.4, 0.5) is 0 Å². The summed E-state index contributed by atoms with van der Waals surface area (Å²) in [5, 5.41) is 13.6. The van der Waals surface area contributed by atoms with E-state index < -0.39 is 0 Å². The monoisotopic (exact) mass is 306 g/mol. The Labute approximate surface area is 139 Å². The number of hydrogen-bond acceptors (Lipinski definition) is 1. The third-order valence-corrected chi connectivity index (χ3v) is 5.92. The van der Waals surface area contributed by atoms with E-state index >= 15 is 0 Å². The summed E-state index contributed by atoms with van der Waals surface area (Å²) in [5.74, 6) is 1.22. The molecule has 0 saturated heterocycles. The van der Waals surface area contributed by atoms with Crippen molar-refractivity contribution in [3.8, 4) is 0 Å². The molecule has 2 aliphatic rings. The fourth-order valence-corrected chi connectivity index (χ4v) is 4.83. The molecule has 0 bridgehead atoms. The predicted molar refractivity (Wildman–Crippen MR) is 96.6 cm³/mol. The van der Waals surface area contributed by atoms with Gasteiger partial charge in [0.1, 0.15) is 0 Å². The largest absolute Gasteiger partial charge is 0.392 e. The Morgan fingerprint density at radius 1 is 1.13 bits per heavy atom. The zero-order valence-corrected chi connectivity index (χ0v) is 14.1. The number of aliphatic hydroxyl groups excluding tert-OH is 1. The molecule has 4 atom stereocenters. The first kappa shape index (κ1) is 15.0. The van der Waals surface area contributed by atoms with Crippen LogP contribution in [0.1, 0.15) is 49.7 Å². The smallest absolute Gasteiger partial charge is 0.0672 e. The van der Waals surface area contributed by atoms with E-state index in [1.807, 2.05) is 0 Å². The van der Waals surface area contributed by atoms with Gasteiger partial charge in [0.25, 0.3) is 0 Å². The Morgan fingerprint density at radius 3 is 2.83 bits per heavy atom. The van der Waals surface area contributed by atoms with Crippen LogP contribution in [0.25, 0.3) is 10.8 Å². The van der Waals surface area contributed by atoms with Crippen LogP contribution in [0.15, 0.2) is 48.0 Å². The second-order valence-electron chi connectivity index (χ2n) is 7.59. The minimum absolute atomic E-state index is 0.175. The quantitative estimate of drug-likeness (QED) is 0.703. The number of allylic oxidation sites excluding steroid dienone is 1. The number of benzene rings is 2. The molecule has 0 amide bonds. The lowest BCUT2D eigenvalue weighted by Gasteiger charge is -2.43. The topological polar surface area (TPSA) is 20.2 Å². The van der Waals surface area contributed by atoms with E-state index in [4.69, 9.17) is 0 Å². The molecule has 2 aromatic rings. The highest BCUT2D eigenvalue weighted by Gasteiger charge is 2.40. The Balaban J connectivity index is 1.92. The first-order chi connectivity index (χ1) is 11.1. The van der Waals surface area contributed by atoms with Crippen LogP contribution in [-0.2, 0) is 0 Å². The van der Waals surface area contributed by atoms with Crippen molar-refractivity contribution in [3.63, 3.8) is 0 Å². The normalized spacial score (nSPS) is 30.8. The van der Waals surface area contributed by atoms with Crippen molar-refractivity contribution < 1.29 is 5.11 Å². The molecule has 1 nitrogen and oxygen atoms in total. The lowest BCUT2D eigenvalue weighted by molar-refractivity contribution is 0.0610. The zero-order chi connectivity index (χ0) is 16.0. The summed E-state index contributed by atoms with van der Waals surface area (Å²) in [7, 11) is 0. The van der Waals surface area contributed by atoms with Gasteiger partial charge in [-0.15, -0.1) is 0 Å². The first-order valence-corrected chi connectivity index (χ1v) is 9.02. The van der Waals surface area contributed by atoms with Gasteiger partial charge in [0.2, 0.25) is 0 Å². The first-order valence-electron chi connectivity index (χ1n) is 9.02. The van der Waals surface area contributed by atoms with Crippen molar-refractivity contribution in [2.24, 2.45) is 11.8 Å². The van der Waals surface area contributed by atoms with E-state index in [-0.39, 0.29) is 12.0 Å². The maximum atomic E-state index is 11.0. The number of fused-ring (bicyclic) bond motifs is 2. The summed E-state index contributed by atoms with van der Waals surface area (Å²) in [6, 6.07) is 13.2. The van der Waals surface area contributed by atoms with Crippen molar-refractivity contribution in [1.82, 2.24) is 0 Å². The highest BCUT2D eigenvalue weighted by Crippen LogP contribution is 2.48. The molecule has 1 N–H and O–H groups in total. The molecule has 0 spiro atoms. The van der Waals surface area contributed by atoms with Gasteiger partial charge in [-0.05, 0) is 60.8 Å². The number of rotatable bonds is 1. The molecule has 0 radical (unpaired) electrons. The lowest BCUT2D eigenvalue weighted by Crippen LogP contribution is -2.37. The lowest BCUT2D eigenvalue weighted by atomic mass is 9.64. The fourth-order valence-electron chi connectivity index (χ4n) is 4.83. The van der Waals surface area contributed by atoms with Gasteiger partial charge in [0, 0.05) is 5.92 Å². The van der Waals surface area contributed by atoms with E-state index in [1.165, 1.54) is 46.7 Å². The fraction of sp³-hybridized carbons (Fsp3) is 0.455. The molecule has 0 aromatic heterocycles. The van der Waals surface area contributed by atoms with E-state index in [9.17, 15) is 5.11 Å². The van der Waals surface area contributed by atoms with E-state index in [0.717, 1.165) is 6.42 Å². The molecule has 120 valence electrons. The standard InChI is InChI=1S/C22H26O/c1-14-11-16-7-3-5-9-18(16)20(12-14)21-19-10-6-4-8-17(19)13-15(2)22(21)23/h3,5,7,9-12,15,17,21-23H,4,6,8,13H2,1-2H3. The molecular weight excluding hydrogens is 280 g/mol. The summed E-state index contributed by atoms with van der Waals surface area (Å²) in [6.07, 6.45) is 7.09.